The van der Waals surface area contributed by atoms with Crippen molar-refractivity contribution in [3.8, 4) is 0 Å². The Morgan fingerprint density at radius 2 is 1.60 bits per heavy atom. The van der Waals surface area contributed by atoms with Crippen LogP contribution in [0, 0.1) is 3.57 Å². The number of aromatic nitrogens is 1. The second kappa shape index (κ2) is 4.29. The van der Waals surface area contributed by atoms with Crippen LogP contribution in [-0.4, -0.2) is 4.98 Å². The lowest BCUT2D eigenvalue weighted by atomic mass is 10.2. The fourth-order valence-electron chi connectivity index (χ4n) is 1.84. The molecule has 0 radical (unpaired) electrons. The molecular formula is C12H9I2N. The van der Waals surface area contributed by atoms with Crippen molar-refractivity contribution in [3.63, 3.8) is 0 Å². The zero-order chi connectivity index (χ0) is 9.54. The minimum absolute atomic E-state index is 0. The lowest BCUT2D eigenvalue weighted by Gasteiger charge is -1.92. The SMILES string of the molecule is I.Ic1cccc2c1[nH]c1ccccc12. The van der Waals surface area contributed by atoms with E-state index in [1.165, 1.54) is 25.4 Å². The molecule has 3 heteroatoms. The predicted molar refractivity (Wildman–Crippen MR) is 83.9 cm³/mol. The Morgan fingerprint density at radius 1 is 0.867 bits per heavy atom. The van der Waals surface area contributed by atoms with Gasteiger partial charge in [0, 0.05) is 19.9 Å². The first-order valence-corrected chi connectivity index (χ1v) is 5.59. The van der Waals surface area contributed by atoms with Gasteiger partial charge in [-0.25, -0.2) is 0 Å². The third-order valence-electron chi connectivity index (χ3n) is 2.49. The van der Waals surface area contributed by atoms with Crippen molar-refractivity contribution in [1.82, 2.24) is 4.98 Å². The van der Waals surface area contributed by atoms with Crippen molar-refractivity contribution in [2.45, 2.75) is 0 Å². The normalized spacial score (nSPS) is 10.5. The number of hydrogen-bond donors (Lipinski definition) is 1. The summed E-state index contributed by atoms with van der Waals surface area (Å²) in [5.74, 6) is 0. The van der Waals surface area contributed by atoms with Crippen molar-refractivity contribution >= 4 is 68.4 Å². The molecule has 0 aliphatic heterocycles. The fourth-order valence-corrected chi connectivity index (χ4v) is 2.47. The maximum atomic E-state index is 3.44. The minimum Gasteiger partial charge on any atom is -0.354 e. The average Bonchev–Trinajstić information content (AvgIpc) is 2.59. The number of hydrogen-bond acceptors (Lipinski definition) is 0. The van der Waals surface area contributed by atoms with Gasteiger partial charge >= 0.3 is 0 Å². The molecule has 2 aromatic carbocycles. The van der Waals surface area contributed by atoms with E-state index in [9.17, 15) is 0 Å². The molecule has 3 aromatic rings. The standard InChI is InChI=1S/C12H8IN.HI/c13-10-6-3-5-9-8-4-1-2-7-11(8)14-12(9)10;/h1-7,14H;1H. The molecule has 0 saturated heterocycles. The summed E-state index contributed by atoms with van der Waals surface area (Å²) >= 11 is 2.36. The molecule has 1 N–H and O–H groups in total. The molecule has 76 valence electrons. The Balaban J connectivity index is 0.000000853. The van der Waals surface area contributed by atoms with Crippen LogP contribution in [0.1, 0.15) is 0 Å². The van der Waals surface area contributed by atoms with Gasteiger partial charge < -0.3 is 4.98 Å². The fraction of sp³-hybridized carbons (Fsp3) is 0. The van der Waals surface area contributed by atoms with Gasteiger partial charge in [-0.2, -0.15) is 0 Å². The van der Waals surface area contributed by atoms with Crippen molar-refractivity contribution in [1.29, 1.82) is 0 Å². The molecule has 0 aliphatic carbocycles. The first-order chi connectivity index (χ1) is 6.86. The van der Waals surface area contributed by atoms with Gasteiger partial charge in [-0.15, -0.1) is 24.0 Å². The lowest BCUT2D eigenvalue weighted by molar-refractivity contribution is 1.53. The second-order valence-electron chi connectivity index (χ2n) is 3.33. The van der Waals surface area contributed by atoms with Gasteiger partial charge in [0.1, 0.15) is 0 Å². The monoisotopic (exact) mass is 421 g/mol. The maximum Gasteiger partial charge on any atom is 0.0600 e. The van der Waals surface area contributed by atoms with Crippen LogP contribution in [-0.2, 0) is 0 Å². The summed E-state index contributed by atoms with van der Waals surface area (Å²) in [6.45, 7) is 0. The zero-order valence-electron chi connectivity index (χ0n) is 7.83. The highest BCUT2D eigenvalue weighted by atomic mass is 127. The lowest BCUT2D eigenvalue weighted by Crippen LogP contribution is -1.72. The molecule has 1 aromatic heterocycles. The third-order valence-corrected chi connectivity index (χ3v) is 3.39. The van der Waals surface area contributed by atoms with Crippen molar-refractivity contribution in [2.24, 2.45) is 0 Å². The molecule has 0 saturated carbocycles. The number of aromatic amines is 1. The van der Waals surface area contributed by atoms with Crippen molar-refractivity contribution in [2.75, 3.05) is 0 Å². The summed E-state index contributed by atoms with van der Waals surface area (Å²) in [6.07, 6.45) is 0. The van der Waals surface area contributed by atoms with Gasteiger partial charge in [0.05, 0.1) is 5.52 Å². The van der Waals surface area contributed by atoms with E-state index in [1.807, 2.05) is 0 Å². The van der Waals surface area contributed by atoms with E-state index in [4.69, 9.17) is 0 Å². The van der Waals surface area contributed by atoms with Gasteiger partial charge in [-0.3, -0.25) is 0 Å². The van der Waals surface area contributed by atoms with E-state index in [2.05, 4.69) is 70.0 Å². The van der Waals surface area contributed by atoms with Crippen LogP contribution < -0.4 is 0 Å². The number of benzene rings is 2. The number of fused-ring (bicyclic) bond motifs is 3. The summed E-state index contributed by atoms with van der Waals surface area (Å²) in [6, 6.07) is 14.8. The van der Waals surface area contributed by atoms with Gasteiger partial charge in [0.2, 0.25) is 0 Å². The third kappa shape index (κ3) is 1.75. The molecule has 0 bridgehead atoms. The zero-order valence-corrected chi connectivity index (χ0v) is 12.3. The van der Waals surface area contributed by atoms with E-state index in [0.29, 0.717) is 0 Å². The Hall–Kier alpha value is -0.300. The number of rotatable bonds is 0. The van der Waals surface area contributed by atoms with E-state index in [1.54, 1.807) is 0 Å². The average molecular weight is 421 g/mol. The largest absolute Gasteiger partial charge is 0.354 e. The maximum absolute atomic E-state index is 3.44. The molecule has 3 rings (SSSR count). The van der Waals surface area contributed by atoms with Gasteiger partial charge in [0.15, 0.2) is 0 Å². The highest BCUT2D eigenvalue weighted by molar-refractivity contribution is 14.1. The molecule has 15 heavy (non-hydrogen) atoms. The predicted octanol–water partition coefficient (Wildman–Crippen LogP) is 4.54. The van der Waals surface area contributed by atoms with Crippen LogP contribution in [0.25, 0.3) is 21.8 Å². The number of H-pyrrole nitrogens is 1. The Bertz CT molecular complexity index is 613. The molecule has 0 aliphatic rings. The summed E-state index contributed by atoms with van der Waals surface area (Å²) in [5, 5.41) is 2.62. The first-order valence-electron chi connectivity index (χ1n) is 4.51. The molecule has 1 nitrogen and oxygen atoms in total. The number of para-hydroxylation sites is 2. The molecular weight excluding hydrogens is 412 g/mol. The molecule has 0 unspecified atom stereocenters. The minimum atomic E-state index is 0. The van der Waals surface area contributed by atoms with Gasteiger partial charge in [-0.1, -0.05) is 30.3 Å². The number of nitrogens with one attached hydrogen (secondary N) is 1. The van der Waals surface area contributed by atoms with Crippen LogP contribution in [0.15, 0.2) is 42.5 Å². The van der Waals surface area contributed by atoms with Crippen molar-refractivity contribution in [3.05, 3.63) is 46.0 Å². The highest BCUT2D eigenvalue weighted by Gasteiger charge is 2.04. The first kappa shape index (κ1) is 11.2. The van der Waals surface area contributed by atoms with Crippen LogP contribution in [0.2, 0.25) is 0 Å². The molecule has 1 heterocycles. The van der Waals surface area contributed by atoms with Crippen LogP contribution >= 0.6 is 46.6 Å². The topological polar surface area (TPSA) is 15.8 Å². The van der Waals surface area contributed by atoms with E-state index < -0.39 is 0 Å². The van der Waals surface area contributed by atoms with Crippen LogP contribution in [0.4, 0.5) is 0 Å². The quantitative estimate of drug-likeness (QED) is 0.514. The second-order valence-corrected chi connectivity index (χ2v) is 4.50. The van der Waals surface area contributed by atoms with E-state index in [-0.39, 0.29) is 24.0 Å². The van der Waals surface area contributed by atoms with E-state index in [0.717, 1.165) is 0 Å². The van der Waals surface area contributed by atoms with Crippen LogP contribution in [0.5, 0.6) is 0 Å². The Morgan fingerprint density at radius 3 is 2.47 bits per heavy atom. The highest BCUT2D eigenvalue weighted by Crippen LogP contribution is 2.27. The summed E-state index contributed by atoms with van der Waals surface area (Å²) in [5.41, 5.74) is 2.46. The Labute approximate surface area is 118 Å². The molecule has 0 atom stereocenters. The van der Waals surface area contributed by atoms with Crippen molar-refractivity contribution < 1.29 is 0 Å². The smallest absolute Gasteiger partial charge is 0.0600 e. The molecule has 0 fully saturated rings. The Kier molecular flexibility index (Phi) is 3.20. The number of halogens is 2. The summed E-state index contributed by atoms with van der Waals surface area (Å²) in [4.78, 5) is 3.44. The summed E-state index contributed by atoms with van der Waals surface area (Å²) in [7, 11) is 0. The van der Waals surface area contributed by atoms with Gasteiger partial charge in [-0.05, 0) is 34.7 Å². The summed E-state index contributed by atoms with van der Waals surface area (Å²) < 4.78 is 1.27. The molecule has 0 amide bonds. The van der Waals surface area contributed by atoms with E-state index >= 15 is 0 Å². The van der Waals surface area contributed by atoms with Gasteiger partial charge in [0.25, 0.3) is 0 Å². The van der Waals surface area contributed by atoms with Crippen LogP contribution in [0.3, 0.4) is 0 Å². The molecule has 0 spiro atoms.